The third-order valence-corrected chi connectivity index (χ3v) is 6.15. The van der Waals surface area contributed by atoms with E-state index in [0.29, 0.717) is 24.2 Å². The number of halogens is 2. The van der Waals surface area contributed by atoms with Crippen LogP contribution in [0.1, 0.15) is 0 Å². The van der Waals surface area contributed by atoms with Crippen LogP contribution in [0.5, 0.6) is 0 Å². The fraction of sp³-hybridized carbons (Fsp3) is 0. The lowest BCUT2D eigenvalue weighted by molar-refractivity contribution is 0.684. The summed E-state index contributed by atoms with van der Waals surface area (Å²) < 4.78 is 27.1. The Labute approximate surface area is 129 Å². The molecule has 1 heterocycles. The van der Waals surface area contributed by atoms with E-state index in [1.807, 2.05) is 0 Å². The first-order valence-corrected chi connectivity index (χ1v) is 8.81. The number of hydrogen-bond donors (Lipinski definition) is 2. The van der Waals surface area contributed by atoms with Crippen LogP contribution in [0, 0.1) is 0 Å². The first-order valence-electron chi connectivity index (χ1n) is 4.87. The van der Waals surface area contributed by atoms with E-state index < -0.39 is 22.0 Å². The highest BCUT2D eigenvalue weighted by Gasteiger charge is 2.14. The largest absolute Gasteiger partial charge is 0.299 e. The van der Waals surface area contributed by atoms with Crippen molar-refractivity contribution < 1.29 is 8.42 Å². The summed E-state index contributed by atoms with van der Waals surface area (Å²) in [6.07, 6.45) is 0. The molecule has 0 aliphatic heterocycles. The van der Waals surface area contributed by atoms with Crippen molar-refractivity contribution in [2.45, 2.75) is 9.10 Å². The molecule has 1 aromatic heterocycles. The summed E-state index contributed by atoms with van der Waals surface area (Å²) in [5.74, 6) is 0. The van der Waals surface area contributed by atoms with Crippen molar-refractivity contribution in [2.24, 2.45) is 5.14 Å². The van der Waals surface area contributed by atoms with Gasteiger partial charge in [-0.15, -0.1) is 11.3 Å². The van der Waals surface area contributed by atoms with Crippen molar-refractivity contribution in [2.75, 3.05) is 4.72 Å². The zero-order chi connectivity index (χ0) is 14.0. The van der Waals surface area contributed by atoms with Crippen LogP contribution in [0.3, 0.4) is 0 Å². The van der Waals surface area contributed by atoms with Gasteiger partial charge in [0.25, 0.3) is 0 Å². The Kier molecular flexibility index (Phi) is 4.99. The van der Waals surface area contributed by atoms with Crippen LogP contribution in [0.2, 0.25) is 9.36 Å². The maximum atomic E-state index is 12.1. The minimum absolute atomic E-state index is 0.354. The van der Waals surface area contributed by atoms with E-state index >= 15 is 0 Å². The molecule has 4 nitrogen and oxygen atoms in total. The minimum atomic E-state index is -1.66. The van der Waals surface area contributed by atoms with Gasteiger partial charge in [0, 0.05) is 0 Å². The number of thiophene rings is 1. The Morgan fingerprint density at radius 1 is 1.21 bits per heavy atom. The highest BCUT2D eigenvalue weighted by Crippen LogP contribution is 2.34. The van der Waals surface area contributed by atoms with Gasteiger partial charge < -0.3 is 0 Å². The molecule has 0 aliphatic carbocycles. The van der Waals surface area contributed by atoms with Crippen molar-refractivity contribution in [3.63, 3.8) is 0 Å². The fourth-order valence-electron chi connectivity index (χ4n) is 1.29. The zero-order valence-electron chi connectivity index (χ0n) is 9.26. The molecule has 2 unspecified atom stereocenters. The molecule has 2 atom stereocenters. The van der Waals surface area contributed by atoms with Crippen molar-refractivity contribution >= 4 is 62.2 Å². The molecule has 0 amide bonds. The number of nitrogens with one attached hydrogen (secondary N) is 1. The van der Waals surface area contributed by atoms with Gasteiger partial charge in [-0.2, -0.15) is 0 Å². The molecule has 0 saturated carbocycles. The Morgan fingerprint density at radius 2 is 1.89 bits per heavy atom. The van der Waals surface area contributed by atoms with Crippen LogP contribution < -0.4 is 9.86 Å². The van der Waals surface area contributed by atoms with Gasteiger partial charge in [-0.3, -0.25) is 4.72 Å². The second kappa shape index (κ2) is 6.34. The predicted octanol–water partition coefficient (Wildman–Crippen LogP) is 3.17. The SMILES string of the molecule is NS(=O)c1ccccc1NS(=O)c1cc(Cl)c(Cl)s1. The first kappa shape index (κ1) is 15.0. The number of hydrogen-bond acceptors (Lipinski definition) is 3. The molecule has 2 rings (SSSR count). The predicted molar refractivity (Wildman–Crippen MR) is 81.4 cm³/mol. The Hall–Kier alpha value is -0.440. The smallest absolute Gasteiger partial charge is 0.160 e. The summed E-state index contributed by atoms with van der Waals surface area (Å²) in [7, 11) is -3.20. The maximum absolute atomic E-state index is 12.1. The Bertz CT molecular complexity index is 640. The molecular formula is C10H8Cl2N2O2S3. The molecule has 0 radical (unpaired) electrons. The normalized spacial score (nSPS) is 14.1. The molecule has 3 N–H and O–H groups in total. The molecule has 0 fully saturated rings. The molecule has 9 heteroatoms. The van der Waals surface area contributed by atoms with Crippen LogP contribution in [-0.4, -0.2) is 8.42 Å². The number of para-hydroxylation sites is 1. The van der Waals surface area contributed by atoms with E-state index in [0.717, 1.165) is 11.3 Å². The van der Waals surface area contributed by atoms with Gasteiger partial charge in [-0.25, -0.2) is 13.6 Å². The van der Waals surface area contributed by atoms with Gasteiger partial charge in [0.05, 0.1) is 15.6 Å². The highest BCUT2D eigenvalue weighted by molar-refractivity contribution is 7.88. The average molecular weight is 355 g/mol. The number of rotatable bonds is 4. The van der Waals surface area contributed by atoms with Crippen LogP contribution in [0.4, 0.5) is 5.69 Å². The van der Waals surface area contributed by atoms with Gasteiger partial charge in [-0.05, 0) is 18.2 Å². The molecule has 0 aliphatic rings. The number of anilines is 1. The lowest BCUT2D eigenvalue weighted by atomic mass is 10.3. The summed E-state index contributed by atoms with van der Waals surface area (Å²) in [6, 6.07) is 8.20. The molecule has 0 bridgehead atoms. The van der Waals surface area contributed by atoms with Gasteiger partial charge in [0.1, 0.15) is 19.5 Å². The summed E-state index contributed by atoms with van der Waals surface area (Å²) >= 11 is 12.7. The standard InChI is InChI=1S/C10H8Cl2N2O2S3/c11-6-5-9(17-10(6)12)19(16)14-7-3-1-2-4-8(7)18(13)15/h1-5,14H,13H2. The summed E-state index contributed by atoms with van der Waals surface area (Å²) in [4.78, 5) is 0.379. The molecular weight excluding hydrogens is 347 g/mol. The van der Waals surface area contributed by atoms with Crippen molar-refractivity contribution in [3.8, 4) is 0 Å². The molecule has 19 heavy (non-hydrogen) atoms. The summed E-state index contributed by atoms with van der Waals surface area (Å²) in [5.41, 5.74) is 0.447. The van der Waals surface area contributed by atoms with E-state index in [2.05, 4.69) is 4.72 Å². The van der Waals surface area contributed by atoms with E-state index in [4.69, 9.17) is 28.3 Å². The van der Waals surface area contributed by atoms with E-state index in [9.17, 15) is 8.42 Å². The van der Waals surface area contributed by atoms with E-state index in [-0.39, 0.29) is 0 Å². The fourth-order valence-corrected chi connectivity index (χ4v) is 4.59. The van der Waals surface area contributed by atoms with Crippen LogP contribution in [0.15, 0.2) is 39.4 Å². The van der Waals surface area contributed by atoms with Gasteiger partial charge in [0.2, 0.25) is 0 Å². The highest BCUT2D eigenvalue weighted by atomic mass is 35.5. The summed E-state index contributed by atoms with van der Waals surface area (Å²) in [5, 5.41) is 5.70. The van der Waals surface area contributed by atoms with Gasteiger partial charge in [-0.1, -0.05) is 35.3 Å². The lowest BCUT2D eigenvalue weighted by Gasteiger charge is -2.08. The summed E-state index contributed by atoms with van der Waals surface area (Å²) in [6.45, 7) is 0. The Balaban J connectivity index is 2.26. The third kappa shape index (κ3) is 3.56. The maximum Gasteiger partial charge on any atom is 0.160 e. The van der Waals surface area contributed by atoms with Crippen LogP contribution in [0.25, 0.3) is 0 Å². The van der Waals surface area contributed by atoms with Crippen molar-refractivity contribution in [3.05, 3.63) is 39.7 Å². The minimum Gasteiger partial charge on any atom is -0.299 e. The zero-order valence-corrected chi connectivity index (χ0v) is 13.2. The van der Waals surface area contributed by atoms with E-state index in [1.54, 1.807) is 24.3 Å². The second-order valence-corrected chi connectivity index (χ2v) is 7.89. The van der Waals surface area contributed by atoms with Crippen LogP contribution >= 0.6 is 34.5 Å². The third-order valence-electron chi connectivity index (χ3n) is 2.11. The quantitative estimate of drug-likeness (QED) is 0.884. The van der Waals surface area contributed by atoms with Crippen molar-refractivity contribution in [1.82, 2.24) is 0 Å². The Morgan fingerprint density at radius 3 is 2.47 bits per heavy atom. The lowest BCUT2D eigenvalue weighted by Crippen LogP contribution is -2.09. The van der Waals surface area contributed by atoms with Crippen molar-refractivity contribution in [1.29, 1.82) is 0 Å². The van der Waals surface area contributed by atoms with Crippen LogP contribution in [-0.2, 0) is 22.0 Å². The molecule has 1 aromatic carbocycles. The molecule has 102 valence electrons. The molecule has 2 aromatic rings. The second-order valence-electron chi connectivity index (χ2n) is 3.35. The molecule has 0 saturated heterocycles. The van der Waals surface area contributed by atoms with Gasteiger partial charge >= 0.3 is 0 Å². The molecule has 0 spiro atoms. The number of benzene rings is 1. The average Bonchev–Trinajstić information content (AvgIpc) is 2.70. The number of nitrogens with two attached hydrogens (primary N) is 1. The monoisotopic (exact) mass is 354 g/mol. The topological polar surface area (TPSA) is 72.2 Å². The van der Waals surface area contributed by atoms with E-state index in [1.165, 1.54) is 6.07 Å². The van der Waals surface area contributed by atoms with Gasteiger partial charge in [0.15, 0.2) is 11.0 Å². The first-order chi connectivity index (χ1) is 8.99.